The fraction of sp³-hybridized carbons (Fsp3) is 0.667. The zero-order valence-corrected chi connectivity index (χ0v) is 12.2. The number of aromatic nitrogens is 1. The van der Waals surface area contributed by atoms with E-state index in [1.165, 1.54) is 11.3 Å². The maximum absolute atomic E-state index is 11.2. The lowest BCUT2D eigenvalue weighted by molar-refractivity contribution is -0.119. The number of hydrogen-bond donors (Lipinski definition) is 2. The van der Waals surface area contributed by atoms with Crippen LogP contribution in [0.15, 0.2) is 5.38 Å². The second-order valence-electron chi connectivity index (χ2n) is 5.07. The van der Waals surface area contributed by atoms with Crippen molar-refractivity contribution in [1.29, 1.82) is 0 Å². The van der Waals surface area contributed by atoms with Crippen molar-refractivity contribution in [2.24, 2.45) is 0 Å². The van der Waals surface area contributed by atoms with E-state index >= 15 is 0 Å². The van der Waals surface area contributed by atoms with E-state index in [9.17, 15) is 9.90 Å². The highest BCUT2D eigenvalue weighted by Gasteiger charge is 2.16. The smallest absolute Gasteiger partial charge is 0.226 e. The third kappa shape index (κ3) is 5.57. The van der Waals surface area contributed by atoms with Gasteiger partial charge in [-0.15, -0.1) is 11.3 Å². The van der Waals surface area contributed by atoms with E-state index in [2.05, 4.69) is 10.3 Å². The van der Waals surface area contributed by atoms with E-state index in [1.54, 1.807) is 20.9 Å². The number of rotatable bonds is 6. The highest BCUT2D eigenvalue weighted by atomic mass is 32.1. The lowest BCUT2D eigenvalue weighted by atomic mass is 10.1. The van der Waals surface area contributed by atoms with Crippen molar-refractivity contribution in [2.75, 3.05) is 20.6 Å². The summed E-state index contributed by atoms with van der Waals surface area (Å²) in [7, 11) is 3.56. The lowest BCUT2D eigenvalue weighted by Crippen LogP contribution is -2.35. The van der Waals surface area contributed by atoms with Crippen molar-refractivity contribution in [3.63, 3.8) is 0 Å². The van der Waals surface area contributed by atoms with Crippen molar-refractivity contribution >= 4 is 17.2 Å². The van der Waals surface area contributed by atoms with Crippen LogP contribution in [0, 0.1) is 0 Å². The molecule has 0 unspecified atom stereocenters. The summed E-state index contributed by atoms with van der Waals surface area (Å²) in [4.78, 5) is 17.6. The summed E-state index contributed by atoms with van der Waals surface area (Å²) in [5, 5.41) is 15.1. The monoisotopic (exact) mass is 271 g/mol. The molecule has 0 saturated carbocycles. The van der Waals surface area contributed by atoms with Gasteiger partial charge in [0.15, 0.2) is 0 Å². The number of carbonyl (C=O) groups excluding carboxylic acids is 1. The molecule has 6 heteroatoms. The van der Waals surface area contributed by atoms with Crippen LogP contribution < -0.4 is 5.32 Å². The molecule has 0 atom stereocenters. The molecule has 2 N–H and O–H groups in total. The maximum Gasteiger partial charge on any atom is 0.226 e. The van der Waals surface area contributed by atoms with Gasteiger partial charge in [-0.05, 0) is 20.9 Å². The Morgan fingerprint density at radius 3 is 2.83 bits per heavy atom. The Balaban J connectivity index is 2.51. The van der Waals surface area contributed by atoms with E-state index in [0.717, 1.165) is 10.7 Å². The van der Waals surface area contributed by atoms with E-state index in [-0.39, 0.29) is 5.91 Å². The number of carbonyl (C=O) groups is 1. The van der Waals surface area contributed by atoms with E-state index in [4.69, 9.17) is 0 Å². The van der Waals surface area contributed by atoms with Crippen LogP contribution in [0.1, 0.15) is 24.5 Å². The van der Waals surface area contributed by atoms with Crippen LogP contribution in [0.25, 0.3) is 0 Å². The van der Waals surface area contributed by atoms with E-state index in [1.807, 2.05) is 17.3 Å². The van der Waals surface area contributed by atoms with Crippen LogP contribution in [-0.4, -0.2) is 47.1 Å². The number of nitrogens with zero attached hydrogens (tertiary/aromatic N) is 2. The molecule has 102 valence electrons. The SMILES string of the molecule is CNC(=O)Cc1nc(CN(C)CC(C)(C)O)cs1. The quantitative estimate of drug-likeness (QED) is 0.796. The van der Waals surface area contributed by atoms with Gasteiger partial charge in [-0.1, -0.05) is 0 Å². The molecular weight excluding hydrogens is 250 g/mol. The number of likely N-dealkylation sites (N-methyl/N-ethyl adjacent to an activating group) is 2. The lowest BCUT2D eigenvalue weighted by Gasteiger charge is -2.24. The van der Waals surface area contributed by atoms with Crippen molar-refractivity contribution in [1.82, 2.24) is 15.2 Å². The van der Waals surface area contributed by atoms with E-state index in [0.29, 0.717) is 19.5 Å². The Labute approximate surface area is 112 Å². The Morgan fingerprint density at radius 2 is 2.28 bits per heavy atom. The highest BCUT2D eigenvalue weighted by Crippen LogP contribution is 2.13. The van der Waals surface area contributed by atoms with Crippen molar-refractivity contribution in [3.05, 3.63) is 16.1 Å². The molecular formula is C12H21N3O2S. The van der Waals surface area contributed by atoms with Gasteiger partial charge in [0.25, 0.3) is 0 Å². The second kappa shape index (κ2) is 6.26. The Bertz CT molecular complexity index is 398. The van der Waals surface area contributed by atoms with Crippen molar-refractivity contribution < 1.29 is 9.90 Å². The normalized spacial score (nSPS) is 11.9. The average molecular weight is 271 g/mol. The molecule has 0 spiro atoms. The molecule has 0 fully saturated rings. The number of aliphatic hydroxyl groups is 1. The number of thiazole rings is 1. The number of amides is 1. The summed E-state index contributed by atoms with van der Waals surface area (Å²) in [6, 6.07) is 0. The van der Waals surface area contributed by atoms with Gasteiger partial charge in [0.2, 0.25) is 5.91 Å². The molecule has 0 bridgehead atoms. The summed E-state index contributed by atoms with van der Waals surface area (Å²) in [5.41, 5.74) is 0.223. The first-order chi connectivity index (χ1) is 8.30. The Morgan fingerprint density at radius 1 is 1.61 bits per heavy atom. The first-order valence-electron chi connectivity index (χ1n) is 5.85. The molecule has 0 aromatic carbocycles. The standard InChI is InChI=1S/C12H21N3O2S/c1-12(2,17)8-15(4)6-9-7-18-11(14-9)5-10(16)13-3/h7,17H,5-6,8H2,1-4H3,(H,13,16). The summed E-state index contributed by atoms with van der Waals surface area (Å²) in [5.74, 6) is -0.0271. The molecule has 18 heavy (non-hydrogen) atoms. The van der Waals surface area contributed by atoms with Crippen LogP contribution in [0.2, 0.25) is 0 Å². The molecule has 1 rings (SSSR count). The molecule has 1 heterocycles. The zero-order chi connectivity index (χ0) is 13.8. The molecule has 0 aliphatic carbocycles. The molecule has 0 radical (unpaired) electrons. The third-order valence-electron chi connectivity index (χ3n) is 2.28. The van der Waals surface area contributed by atoms with Crippen LogP contribution in [0.5, 0.6) is 0 Å². The average Bonchev–Trinajstić information content (AvgIpc) is 2.62. The minimum atomic E-state index is -0.713. The first kappa shape index (κ1) is 15.1. The van der Waals surface area contributed by atoms with Crippen LogP contribution >= 0.6 is 11.3 Å². The first-order valence-corrected chi connectivity index (χ1v) is 6.73. The molecule has 1 aromatic rings. The molecule has 0 aliphatic heterocycles. The molecule has 0 aliphatic rings. The summed E-state index contributed by atoms with van der Waals surface area (Å²) in [6.07, 6.45) is 0.330. The van der Waals surface area contributed by atoms with Crippen LogP contribution in [0.3, 0.4) is 0 Å². The third-order valence-corrected chi connectivity index (χ3v) is 3.18. The molecule has 1 aromatic heterocycles. The minimum Gasteiger partial charge on any atom is -0.389 e. The maximum atomic E-state index is 11.2. The Kier molecular flexibility index (Phi) is 5.25. The van der Waals surface area contributed by atoms with Gasteiger partial charge in [0, 0.05) is 25.5 Å². The van der Waals surface area contributed by atoms with Crippen molar-refractivity contribution in [3.8, 4) is 0 Å². The van der Waals surface area contributed by atoms with E-state index < -0.39 is 5.60 Å². The summed E-state index contributed by atoms with van der Waals surface area (Å²) in [6.45, 7) is 4.81. The predicted octanol–water partition coefficient (Wildman–Crippen LogP) is 0.634. The van der Waals surface area contributed by atoms with Crippen LogP contribution in [0.4, 0.5) is 0 Å². The Hall–Kier alpha value is -0.980. The minimum absolute atomic E-state index is 0.0271. The second-order valence-corrected chi connectivity index (χ2v) is 6.01. The molecule has 1 amide bonds. The van der Waals surface area contributed by atoms with Gasteiger partial charge in [0.05, 0.1) is 17.7 Å². The van der Waals surface area contributed by atoms with Gasteiger partial charge >= 0.3 is 0 Å². The fourth-order valence-electron chi connectivity index (χ4n) is 1.72. The van der Waals surface area contributed by atoms with Gasteiger partial charge in [-0.3, -0.25) is 9.69 Å². The largest absolute Gasteiger partial charge is 0.389 e. The summed E-state index contributed by atoms with van der Waals surface area (Å²) >= 11 is 1.49. The van der Waals surface area contributed by atoms with Gasteiger partial charge in [0.1, 0.15) is 5.01 Å². The van der Waals surface area contributed by atoms with Crippen molar-refractivity contribution in [2.45, 2.75) is 32.4 Å². The highest BCUT2D eigenvalue weighted by molar-refractivity contribution is 7.09. The fourth-order valence-corrected chi connectivity index (χ4v) is 2.51. The number of hydrogen-bond acceptors (Lipinski definition) is 5. The van der Waals surface area contributed by atoms with Gasteiger partial charge in [-0.25, -0.2) is 4.98 Å². The van der Waals surface area contributed by atoms with Crippen LogP contribution in [-0.2, 0) is 17.8 Å². The predicted molar refractivity (Wildman–Crippen MR) is 72.5 cm³/mol. The molecule has 0 saturated heterocycles. The zero-order valence-electron chi connectivity index (χ0n) is 11.4. The number of nitrogens with one attached hydrogen (secondary N) is 1. The topological polar surface area (TPSA) is 65.5 Å². The summed E-state index contributed by atoms with van der Waals surface area (Å²) < 4.78 is 0. The van der Waals surface area contributed by atoms with Gasteiger partial charge < -0.3 is 10.4 Å². The molecule has 5 nitrogen and oxygen atoms in total. The van der Waals surface area contributed by atoms with Gasteiger partial charge in [-0.2, -0.15) is 0 Å².